The maximum absolute atomic E-state index is 12.0. The maximum atomic E-state index is 12.0. The SMILES string of the molecule is CCCN1CCN(C(=O)C(C)CNC)CC1. The van der Waals surface area contributed by atoms with Crippen molar-refractivity contribution in [1.82, 2.24) is 15.1 Å². The second-order valence-corrected chi connectivity index (χ2v) is 4.63. The molecule has 0 aromatic rings. The maximum Gasteiger partial charge on any atom is 0.226 e. The van der Waals surface area contributed by atoms with E-state index in [2.05, 4.69) is 17.1 Å². The van der Waals surface area contributed by atoms with Crippen molar-refractivity contribution >= 4 is 5.91 Å². The monoisotopic (exact) mass is 227 g/mol. The Bertz CT molecular complexity index is 212. The normalized spacial score (nSPS) is 19.8. The van der Waals surface area contributed by atoms with E-state index < -0.39 is 0 Å². The Labute approximate surface area is 99.0 Å². The van der Waals surface area contributed by atoms with E-state index >= 15 is 0 Å². The summed E-state index contributed by atoms with van der Waals surface area (Å²) in [4.78, 5) is 16.5. The number of hydrogen-bond acceptors (Lipinski definition) is 3. The lowest BCUT2D eigenvalue weighted by Crippen LogP contribution is -2.50. The molecule has 1 fully saturated rings. The summed E-state index contributed by atoms with van der Waals surface area (Å²) in [6, 6.07) is 0. The zero-order valence-corrected chi connectivity index (χ0v) is 10.8. The van der Waals surface area contributed by atoms with Gasteiger partial charge in [-0.15, -0.1) is 0 Å². The van der Waals surface area contributed by atoms with Gasteiger partial charge in [-0.3, -0.25) is 9.69 Å². The molecule has 1 rings (SSSR count). The third kappa shape index (κ3) is 3.76. The number of amides is 1. The van der Waals surface area contributed by atoms with Crippen LogP contribution in [0.3, 0.4) is 0 Å². The number of hydrogen-bond donors (Lipinski definition) is 1. The van der Waals surface area contributed by atoms with Crippen molar-refractivity contribution in [2.24, 2.45) is 5.92 Å². The molecule has 1 amide bonds. The highest BCUT2D eigenvalue weighted by Gasteiger charge is 2.23. The molecule has 1 aliphatic heterocycles. The van der Waals surface area contributed by atoms with Gasteiger partial charge in [-0.1, -0.05) is 13.8 Å². The van der Waals surface area contributed by atoms with Gasteiger partial charge in [0.05, 0.1) is 0 Å². The lowest BCUT2D eigenvalue weighted by molar-refractivity contribution is -0.136. The van der Waals surface area contributed by atoms with Crippen LogP contribution >= 0.6 is 0 Å². The van der Waals surface area contributed by atoms with E-state index in [0.717, 1.165) is 39.3 Å². The number of nitrogens with one attached hydrogen (secondary N) is 1. The van der Waals surface area contributed by atoms with Crippen molar-refractivity contribution in [3.8, 4) is 0 Å². The van der Waals surface area contributed by atoms with Crippen molar-refractivity contribution in [1.29, 1.82) is 0 Å². The van der Waals surface area contributed by atoms with Crippen LogP contribution in [0.5, 0.6) is 0 Å². The number of carbonyl (C=O) groups excluding carboxylic acids is 1. The lowest BCUT2D eigenvalue weighted by Gasteiger charge is -2.35. The number of nitrogens with zero attached hydrogens (tertiary/aromatic N) is 2. The Morgan fingerprint density at radius 3 is 2.44 bits per heavy atom. The van der Waals surface area contributed by atoms with Gasteiger partial charge in [0.25, 0.3) is 0 Å². The summed E-state index contributed by atoms with van der Waals surface area (Å²) < 4.78 is 0. The van der Waals surface area contributed by atoms with Gasteiger partial charge in [-0.05, 0) is 20.0 Å². The van der Waals surface area contributed by atoms with E-state index in [1.165, 1.54) is 6.42 Å². The topological polar surface area (TPSA) is 35.6 Å². The fourth-order valence-corrected chi connectivity index (χ4v) is 2.21. The first-order valence-corrected chi connectivity index (χ1v) is 6.34. The fraction of sp³-hybridized carbons (Fsp3) is 0.917. The van der Waals surface area contributed by atoms with Crippen LogP contribution in [0.4, 0.5) is 0 Å². The molecule has 0 radical (unpaired) electrons. The van der Waals surface area contributed by atoms with E-state index in [4.69, 9.17) is 0 Å². The molecule has 1 aliphatic rings. The van der Waals surface area contributed by atoms with Crippen molar-refractivity contribution in [2.45, 2.75) is 20.3 Å². The van der Waals surface area contributed by atoms with E-state index in [1.807, 2.05) is 18.9 Å². The van der Waals surface area contributed by atoms with Gasteiger partial charge in [0.15, 0.2) is 0 Å². The molecule has 4 nitrogen and oxygen atoms in total. The largest absolute Gasteiger partial charge is 0.340 e. The Kier molecular flexibility index (Phi) is 5.77. The first-order chi connectivity index (χ1) is 7.69. The van der Waals surface area contributed by atoms with Gasteiger partial charge < -0.3 is 10.2 Å². The fourth-order valence-electron chi connectivity index (χ4n) is 2.21. The molecular weight excluding hydrogens is 202 g/mol. The molecule has 0 aliphatic carbocycles. The molecule has 4 heteroatoms. The molecule has 0 aromatic carbocycles. The van der Waals surface area contributed by atoms with E-state index in [9.17, 15) is 4.79 Å². The first-order valence-electron chi connectivity index (χ1n) is 6.34. The molecule has 1 saturated heterocycles. The average Bonchev–Trinajstić information content (AvgIpc) is 2.30. The molecule has 0 saturated carbocycles. The van der Waals surface area contributed by atoms with Crippen molar-refractivity contribution in [2.75, 3.05) is 46.3 Å². The van der Waals surface area contributed by atoms with Gasteiger partial charge in [0.1, 0.15) is 0 Å². The number of carbonyl (C=O) groups is 1. The predicted octanol–water partition coefficient (Wildman–Crippen LogP) is 0.396. The number of rotatable bonds is 5. The third-order valence-corrected chi connectivity index (χ3v) is 3.16. The third-order valence-electron chi connectivity index (χ3n) is 3.16. The standard InChI is InChI=1S/C12H25N3O/c1-4-5-14-6-8-15(9-7-14)12(16)11(2)10-13-3/h11,13H,4-10H2,1-3H3. The summed E-state index contributed by atoms with van der Waals surface area (Å²) in [5, 5.41) is 3.06. The van der Waals surface area contributed by atoms with Crippen LogP contribution in [0, 0.1) is 5.92 Å². The summed E-state index contributed by atoms with van der Waals surface area (Å²) >= 11 is 0. The van der Waals surface area contributed by atoms with Crippen LogP contribution in [-0.2, 0) is 4.79 Å². The van der Waals surface area contributed by atoms with Crippen LogP contribution < -0.4 is 5.32 Å². The molecule has 1 atom stereocenters. The van der Waals surface area contributed by atoms with Crippen LogP contribution in [0.1, 0.15) is 20.3 Å². The van der Waals surface area contributed by atoms with Gasteiger partial charge in [-0.2, -0.15) is 0 Å². The van der Waals surface area contributed by atoms with Crippen molar-refractivity contribution in [3.05, 3.63) is 0 Å². The number of piperazine rings is 1. The highest BCUT2D eigenvalue weighted by molar-refractivity contribution is 5.78. The highest BCUT2D eigenvalue weighted by atomic mass is 16.2. The zero-order valence-electron chi connectivity index (χ0n) is 10.8. The molecule has 1 heterocycles. The van der Waals surface area contributed by atoms with E-state index in [0.29, 0.717) is 5.91 Å². The van der Waals surface area contributed by atoms with Crippen LogP contribution in [0.15, 0.2) is 0 Å². The Morgan fingerprint density at radius 1 is 1.31 bits per heavy atom. The highest BCUT2D eigenvalue weighted by Crippen LogP contribution is 2.07. The minimum Gasteiger partial charge on any atom is -0.340 e. The van der Waals surface area contributed by atoms with E-state index in [-0.39, 0.29) is 5.92 Å². The van der Waals surface area contributed by atoms with Crippen LogP contribution in [0.2, 0.25) is 0 Å². The second-order valence-electron chi connectivity index (χ2n) is 4.63. The van der Waals surface area contributed by atoms with Gasteiger partial charge in [-0.25, -0.2) is 0 Å². The lowest BCUT2D eigenvalue weighted by atomic mass is 10.1. The van der Waals surface area contributed by atoms with Crippen LogP contribution in [-0.4, -0.2) is 62.0 Å². The Morgan fingerprint density at radius 2 is 1.94 bits per heavy atom. The Balaban J connectivity index is 2.32. The summed E-state index contributed by atoms with van der Waals surface area (Å²) in [6.45, 7) is 9.99. The Hall–Kier alpha value is -0.610. The predicted molar refractivity (Wildman–Crippen MR) is 66.4 cm³/mol. The molecule has 94 valence electrons. The zero-order chi connectivity index (χ0) is 12.0. The first kappa shape index (κ1) is 13.5. The molecule has 0 bridgehead atoms. The minimum absolute atomic E-state index is 0.0997. The smallest absolute Gasteiger partial charge is 0.226 e. The summed E-state index contributed by atoms with van der Waals surface area (Å²) in [5.41, 5.74) is 0. The van der Waals surface area contributed by atoms with Crippen molar-refractivity contribution in [3.63, 3.8) is 0 Å². The average molecular weight is 227 g/mol. The summed E-state index contributed by atoms with van der Waals surface area (Å²) in [5.74, 6) is 0.397. The van der Waals surface area contributed by atoms with E-state index in [1.54, 1.807) is 0 Å². The molecule has 16 heavy (non-hydrogen) atoms. The molecule has 1 unspecified atom stereocenters. The second kappa shape index (κ2) is 6.86. The van der Waals surface area contributed by atoms with Gasteiger partial charge in [0, 0.05) is 38.6 Å². The molecule has 0 aromatic heterocycles. The quantitative estimate of drug-likeness (QED) is 0.738. The summed E-state index contributed by atoms with van der Waals surface area (Å²) in [6.07, 6.45) is 1.20. The minimum atomic E-state index is 0.0997. The molecule has 1 N–H and O–H groups in total. The summed E-state index contributed by atoms with van der Waals surface area (Å²) in [7, 11) is 1.89. The van der Waals surface area contributed by atoms with Crippen molar-refractivity contribution < 1.29 is 4.79 Å². The molecular formula is C12H25N3O. The van der Waals surface area contributed by atoms with Gasteiger partial charge >= 0.3 is 0 Å². The molecule has 0 spiro atoms. The van der Waals surface area contributed by atoms with Crippen LogP contribution in [0.25, 0.3) is 0 Å². The van der Waals surface area contributed by atoms with Gasteiger partial charge in [0.2, 0.25) is 5.91 Å².